The van der Waals surface area contributed by atoms with E-state index in [1.165, 1.54) is 23.0 Å². The van der Waals surface area contributed by atoms with Crippen LogP contribution in [0, 0.1) is 5.41 Å². The molecule has 10 nitrogen and oxygen atoms in total. The molecule has 13 heteroatoms. The molecular weight excluding hydrogens is 541 g/mol. The number of carbonyl (C=O) groups excluding carboxylic acids is 2. The van der Waals surface area contributed by atoms with Gasteiger partial charge in [0.2, 0.25) is 5.78 Å². The van der Waals surface area contributed by atoms with Crippen molar-refractivity contribution in [2.45, 2.75) is 78.3 Å². The Balaban J connectivity index is 1.87. The van der Waals surface area contributed by atoms with Crippen molar-refractivity contribution in [3.8, 4) is 11.3 Å². The van der Waals surface area contributed by atoms with E-state index in [-0.39, 0.29) is 13.1 Å². The van der Waals surface area contributed by atoms with Gasteiger partial charge in [-0.25, -0.2) is 4.79 Å². The van der Waals surface area contributed by atoms with Gasteiger partial charge in [0, 0.05) is 18.0 Å². The summed E-state index contributed by atoms with van der Waals surface area (Å²) < 4.78 is 40.3. The van der Waals surface area contributed by atoms with Crippen molar-refractivity contribution in [1.82, 2.24) is 30.2 Å². The lowest BCUT2D eigenvalue weighted by Gasteiger charge is -2.42. The van der Waals surface area contributed by atoms with Crippen molar-refractivity contribution >= 4 is 17.8 Å². The number of alkyl halides is 3. The quantitative estimate of drug-likeness (QED) is 0.242. The molecule has 3 aromatic rings. The number of carboxylic acid groups (broad SMARTS) is 1. The van der Waals surface area contributed by atoms with Gasteiger partial charge in [0.25, 0.3) is 5.91 Å². The molecule has 222 valence electrons. The van der Waals surface area contributed by atoms with E-state index in [0.29, 0.717) is 36.2 Å². The number of halogens is 3. The molecule has 0 saturated carbocycles. The van der Waals surface area contributed by atoms with Gasteiger partial charge >= 0.3 is 12.3 Å². The maximum absolute atomic E-state index is 13.6. The summed E-state index contributed by atoms with van der Waals surface area (Å²) in [4.78, 5) is 40.3. The third-order valence-corrected chi connectivity index (χ3v) is 7.01. The zero-order chi connectivity index (χ0) is 30.4. The highest BCUT2D eigenvalue weighted by Gasteiger charge is 2.46. The molecule has 41 heavy (non-hydrogen) atoms. The highest BCUT2D eigenvalue weighted by atomic mass is 19.4. The van der Waals surface area contributed by atoms with Gasteiger partial charge in [-0.1, -0.05) is 46.2 Å². The van der Waals surface area contributed by atoms with E-state index in [4.69, 9.17) is 0 Å². The Labute approximate surface area is 235 Å². The number of benzene rings is 1. The van der Waals surface area contributed by atoms with E-state index in [2.05, 4.69) is 20.6 Å². The number of H-pyrrole nitrogens is 1. The first-order chi connectivity index (χ1) is 19.3. The van der Waals surface area contributed by atoms with E-state index in [1.807, 2.05) is 6.92 Å². The molecule has 2 amide bonds. The number of hydrogen-bond donors (Lipinski definition) is 3. The predicted octanol–water partition coefficient (Wildman–Crippen LogP) is 5.13. The monoisotopic (exact) mass is 576 g/mol. The first kappa shape index (κ1) is 31.4. The molecule has 0 spiro atoms. The topological polar surface area (TPSA) is 133 Å². The molecule has 0 unspecified atom stereocenters. The van der Waals surface area contributed by atoms with Crippen molar-refractivity contribution in [3.63, 3.8) is 0 Å². The Morgan fingerprint density at radius 2 is 1.78 bits per heavy atom. The summed E-state index contributed by atoms with van der Waals surface area (Å²) in [5.41, 5.74) is -0.195. The second kappa shape index (κ2) is 13.0. The van der Waals surface area contributed by atoms with E-state index in [1.54, 1.807) is 39.1 Å². The molecule has 0 bridgehead atoms. The van der Waals surface area contributed by atoms with Crippen LogP contribution in [0.25, 0.3) is 11.3 Å². The van der Waals surface area contributed by atoms with Gasteiger partial charge in [-0.15, -0.1) is 0 Å². The summed E-state index contributed by atoms with van der Waals surface area (Å²) >= 11 is 0. The number of nitrogens with one attached hydrogen (secondary N) is 2. The number of nitrogens with zero attached hydrogens (tertiary/aromatic N) is 4. The van der Waals surface area contributed by atoms with Crippen molar-refractivity contribution in [2.75, 3.05) is 0 Å². The SMILES string of the molecule is CCCC(C)(C)[C@@H](C(=O)C(=O)NCc1ccn[nH]1)N(C(=O)O)[C@@H](CC)Cn1ccc(-c2ccc(C(F)(F)F)cc2)n1. The number of ketones is 1. The molecule has 0 aliphatic rings. The van der Waals surface area contributed by atoms with Gasteiger partial charge < -0.3 is 10.4 Å². The Hall–Kier alpha value is -4.16. The Morgan fingerprint density at radius 1 is 1.10 bits per heavy atom. The summed E-state index contributed by atoms with van der Waals surface area (Å²) in [6, 6.07) is 5.82. The first-order valence-electron chi connectivity index (χ1n) is 13.3. The maximum Gasteiger partial charge on any atom is 0.416 e. The van der Waals surface area contributed by atoms with Crippen LogP contribution in [0.5, 0.6) is 0 Å². The summed E-state index contributed by atoms with van der Waals surface area (Å²) in [6.45, 7) is 7.30. The molecule has 0 aliphatic heterocycles. The van der Waals surface area contributed by atoms with Gasteiger partial charge in [0.15, 0.2) is 0 Å². The lowest BCUT2D eigenvalue weighted by Crippen LogP contribution is -2.60. The second-order valence-corrected chi connectivity index (χ2v) is 10.5. The van der Waals surface area contributed by atoms with Crippen LogP contribution in [0.15, 0.2) is 48.8 Å². The van der Waals surface area contributed by atoms with Crippen molar-refractivity contribution in [1.29, 1.82) is 0 Å². The fraction of sp³-hybridized carbons (Fsp3) is 0.464. The molecule has 2 atom stereocenters. The number of hydrogen-bond acceptors (Lipinski definition) is 5. The zero-order valence-corrected chi connectivity index (χ0v) is 23.4. The molecule has 0 aliphatic carbocycles. The largest absolute Gasteiger partial charge is 0.465 e. The smallest absolute Gasteiger partial charge is 0.416 e. The van der Waals surface area contributed by atoms with Crippen LogP contribution < -0.4 is 5.32 Å². The van der Waals surface area contributed by atoms with Crippen LogP contribution in [0.1, 0.15) is 58.2 Å². The van der Waals surface area contributed by atoms with E-state index in [9.17, 15) is 32.7 Å². The Bertz CT molecular complexity index is 1320. The fourth-order valence-electron chi connectivity index (χ4n) is 4.96. The van der Waals surface area contributed by atoms with Gasteiger partial charge in [-0.05, 0) is 42.5 Å². The third-order valence-electron chi connectivity index (χ3n) is 7.01. The van der Waals surface area contributed by atoms with Crippen LogP contribution in [0.4, 0.5) is 18.0 Å². The molecule has 2 heterocycles. The van der Waals surface area contributed by atoms with Gasteiger partial charge in [-0.2, -0.15) is 23.4 Å². The average molecular weight is 577 g/mol. The number of aromatic amines is 1. The van der Waals surface area contributed by atoms with Crippen LogP contribution >= 0.6 is 0 Å². The van der Waals surface area contributed by atoms with Crippen LogP contribution in [-0.2, 0) is 28.9 Å². The number of carbonyl (C=O) groups is 3. The summed E-state index contributed by atoms with van der Waals surface area (Å²) in [7, 11) is 0. The molecular formula is C28H35F3N6O4. The van der Waals surface area contributed by atoms with Gasteiger partial charge in [0.05, 0.1) is 36.1 Å². The van der Waals surface area contributed by atoms with Crippen molar-refractivity contribution in [2.24, 2.45) is 5.41 Å². The normalized spacial score (nSPS) is 13.4. The van der Waals surface area contributed by atoms with Gasteiger partial charge in [-0.3, -0.25) is 24.3 Å². The van der Waals surface area contributed by atoms with E-state index >= 15 is 0 Å². The number of rotatable bonds is 13. The molecule has 1 aromatic carbocycles. The minimum Gasteiger partial charge on any atom is -0.465 e. The molecule has 0 saturated heterocycles. The molecule has 3 N–H and O–H groups in total. The van der Waals surface area contributed by atoms with Crippen molar-refractivity contribution in [3.05, 3.63) is 60.0 Å². The molecule has 0 radical (unpaired) electrons. The Morgan fingerprint density at radius 3 is 2.32 bits per heavy atom. The number of aromatic nitrogens is 4. The highest BCUT2D eigenvalue weighted by molar-refractivity contribution is 6.38. The molecule has 2 aromatic heterocycles. The van der Waals surface area contributed by atoms with E-state index < -0.39 is 47.0 Å². The minimum absolute atomic E-state index is 0.0236. The maximum atomic E-state index is 13.6. The van der Waals surface area contributed by atoms with Gasteiger partial charge in [0.1, 0.15) is 6.04 Å². The predicted molar refractivity (Wildman–Crippen MR) is 145 cm³/mol. The Kier molecular flexibility index (Phi) is 9.95. The lowest BCUT2D eigenvalue weighted by molar-refractivity contribution is -0.144. The van der Waals surface area contributed by atoms with E-state index in [0.717, 1.165) is 17.0 Å². The standard InChI is InChI=1S/C28H35F3N6O4/c1-5-13-27(3,4)24(23(38)25(39)32-16-20-11-14-33-34-20)37(26(40)41)21(6-2)17-36-15-12-22(35-36)18-7-9-19(10-8-18)28(29,30)31/h7-12,14-15,21,24H,5-6,13,16-17H2,1-4H3,(H,32,39)(H,33,34)(H,40,41)/t21-,24+/m0/s1. The van der Waals surface area contributed by atoms with Crippen LogP contribution in [-0.4, -0.2) is 59.9 Å². The van der Waals surface area contributed by atoms with Crippen molar-refractivity contribution < 1.29 is 32.7 Å². The summed E-state index contributed by atoms with van der Waals surface area (Å²) in [5.74, 6) is -1.77. The third kappa shape index (κ3) is 7.74. The van der Waals surface area contributed by atoms with Crippen LogP contribution in [0.3, 0.4) is 0 Å². The molecule has 3 rings (SSSR count). The summed E-state index contributed by atoms with van der Waals surface area (Å²) in [5, 5.41) is 23.8. The van der Waals surface area contributed by atoms with Crippen LogP contribution in [0.2, 0.25) is 0 Å². The fourth-order valence-corrected chi connectivity index (χ4v) is 4.96. The number of Topliss-reactive ketones (excluding diaryl/α,β-unsaturated/α-hetero) is 1. The summed E-state index contributed by atoms with van der Waals surface area (Å²) in [6.07, 6.45) is -1.25. The minimum atomic E-state index is -4.46. The first-order valence-corrected chi connectivity index (χ1v) is 13.3. The average Bonchev–Trinajstić information content (AvgIpc) is 3.60. The lowest BCUT2D eigenvalue weighted by atomic mass is 9.76. The zero-order valence-electron chi connectivity index (χ0n) is 23.4. The molecule has 0 fully saturated rings. The second-order valence-electron chi connectivity index (χ2n) is 10.5. The highest BCUT2D eigenvalue weighted by Crippen LogP contribution is 2.34. The number of amides is 2.